The van der Waals surface area contributed by atoms with E-state index < -0.39 is 0 Å². The summed E-state index contributed by atoms with van der Waals surface area (Å²) in [5, 5.41) is 2.90. The number of hydrogen-bond donors (Lipinski definition) is 1. The monoisotopic (exact) mass is 329 g/mol. The van der Waals surface area contributed by atoms with E-state index in [4.69, 9.17) is 4.74 Å². The molecule has 2 aromatic carbocycles. The van der Waals surface area contributed by atoms with Crippen molar-refractivity contribution in [3.63, 3.8) is 0 Å². The first-order valence-corrected chi connectivity index (χ1v) is 8.04. The minimum absolute atomic E-state index is 0.101. The molecule has 0 spiro atoms. The number of carbonyl (C=O) groups excluding carboxylic acids is 1. The average molecular weight is 329 g/mol. The molecule has 2 aromatic rings. The normalized spacial score (nSPS) is 12.5. The second-order valence-electron chi connectivity index (χ2n) is 6.90. The topological polar surface area (TPSA) is 38.3 Å². The molecule has 0 aliphatic rings. The molecule has 0 aromatic heterocycles. The summed E-state index contributed by atoms with van der Waals surface area (Å²) in [5.41, 5.74) is 2.40. The fourth-order valence-electron chi connectivity index (χ4n) is 2.32. The van der Waals surface area contributed by atoms with Crippen molar-refractivity contribution in [2.75, 3.05) is 6.61 Å². The molecule has 0 fully saturated rings. The Hall–Kier alpha value is -2.36. The quantitative estimate of drug-likeness (QED) is 0.884. The Balaban J connectivity index is 1.88. The predicted molar refractivity (Wildman–Crippen MR) is 93.6 cm³/mol. The summed E-state index contributed by atoms with van der Waals surface area (Å²) < 4.78 is 18.2. The van der Waals surface area contributed by atoms with Gasteiger partial charge in [0.15, 0.2) is 6.61 Å². The summed E-state index contributed by atoms with van der Waals surface area (Å²) in [6.07, 6.45) is 0. The fraction of sp³-hybridized carbons (Fsp3) is 0.350. The molecule has 1 amide bonds. The summed E-state index contributed by atoms with van der Waals surface area (Å²) in [6, 6.07) is 13.7. The minimum atomic E-state index is -0.334. The van der Waals surface area contributed by atoms with E-state index in [1.54, 1.807) is 0 Å². The van der Waals surface area contributed by atoms with Gasteiger partial charge in [-0.15, -0.1) is 0 Å². The van der Waals surface area contributed by atoms with Crippen LogP contribution in [0.25, 0.3) is 0 Å². The molecule has 0 saturated carbocycles. The van der Waals surface area contributed by atoms with Crippen molar-refractivity contribution in [2.24, 2.45) is 0 Å². The van der Waals surface area contributed by atoms with Crippen LogP contribution in [0, 0.1) is 5.82 Å². The van der Waals surface area contributed by atoms with E-state index in [2.05, 4.69) is 38.2 Å². The lowest BCUT2D eigenvalue weighted by atomic mass is 9.86. The van der Waals surface area contributed by atoms with Crippen LogP contribution in [0.5, 0.6) is 5.75 Å². The van der Waals surface area contributed by atoms with Crippen LogP contribution in [-0.2, 0) is 10.2 Å². The highest BCUT2D eigenvalue weighted by molar-refractivity contribution is 5.78. The Morgan fingerprint density at radius 2 is 1.67 bits per heavy atom. The molecule has 0 bridgehead atoms. The SMILES string of the molecule is C[C@@H](NC(=O)COc1ccc(F)cc1)c1ccc(C(C)(C)C)cc1. The maximum Gasteiger partial charge on any atom is 0.258 e. The van der Waals surface area contributed by atoms with Gasteiger partial charge in [0, 0.05) is 0 Å². The summed E-state index contributed by atoms with van der Waals surface area (Å²) in [7, 11) is 0. The van der Waals surface area contributed by atoms with E-state index in [-0.39, 0.29) is 29.8 Å². The van der Waals surface area contributed by atoms with E-state index in [0.717, 1.165) is 5.56 Å². The Kier molecular flexibility index (Phi) is 5.60. The van der Waals surface area contributed by atoms with Gasteiger partial charge in [0.1, 0.15) is 11.6 Å². The Morgan fingerprint density at radius 3 is 2.21 bits per heavy atom. The van der Waals surface area contributed by atoms with Gasteiger partial charge in [-0.1, -0.05) is 45.0 Å². The Bertz CT molecular complexity index is 672. The Morgan fingerprint density at radius 1 is 1.08 bits per heavy atom. The molecule has 24 heavy (non-hydrogen) atoms. The van der Waals surface area contributed by atoms with Crippen LogP contribution in [-0.4, -0.2) is 12.5 Å². The van der Waals surface area contributed by atoms with Gasteiger partial charge in [0.25, 0.3) is 5.91 Å². The lowest BCUT2D eigenvalue weighted by molar-refractivity contribution is -0.123. The number of amides is 1. The van der Waals surface area contributed by atoms with Crippen LogP contribution in [0.3, 0.4) is 0 Å². The van der Waals surface area contributed by atoms with E-state index in [1.807, 2.05) is 19.1 Å². The molecule has 0 aliphatic carbocycles. The van der Waals surface area contributed by atoms with E-state index in [9.17, 15) is 9.18 Å². The summed E-state index contributed by atoms with van der Waals surface area (Å²) in [6.45, 7) is 8.33. The zero-order valence-electron chi connectivity index (χ0n) is 14.6. The van der Waals surface area contributed by atoms with Gasteiger partial charge < -0.3 is 10.1 Å². The van der Waals surface area contributed by atoms with Crippen LogP contribution < -0.4 is 10.1 Å². The molecule has 0 radical (unpaired) electrons. The van der Waals surface area contributed by atoms with Gasteiger partial charge in [0.05, 0.1) is 6.04 Å². The molecular formula is C20H24FNO2. The lowest BCUT2D eigenvalue weighted by Crippen LogP contribution is -2.31. The van der Waals surface area contributed by atoms with Gasteiger partial charge in [-0.05, 0) is 47.7 Å². The van der Waals surface area contributed by atoms with Gasteiger partial charge in [-0.25, -0.2) is 4.39 Å². The maximum atomic E-state index is 12.8. The first kappa shape index (κ1) is 18.0. The highest BCUT2D eigenvalue weighted by Gasteiger charge is 2.15. The molecular weight excluding hydrogens is 305 g/mol. The molecule has 3 nitrogen and oxygen atoms in total. The van der Waals surface area contributed by atoms with E-state index in [0.29, 0.717) is 5.75 Å². The standard InChI is InChI=1S/C20H24FNO2/c1-14(15-5-7-16(8-6-15)20(2,3)4)22-19(23)13-24-18-11-9-17(21)10-12-18/h5-12,14H,13H2,1-4H3,(H,22,23)/t14-/m1/s1. The van der Waals surface area contributed by atoms with Crippen molar-refractivity contribution < 1.29 is 13.9 Å². The zero-order valence-corrected chi connectivity index (χ0v) is 14.6. The van der Waals surface area contributed by atoms with Gasteiger partial charge in [-0.2, -0.15) is 0 Å². The molecule has 0 heterocycles. The van der Waals surface area contributed by atoms with Crippen LogP contribution in [0.2, 0.25) is 0 Å². The van der Waals surface area contributed by atoms with Crippen molar-refractivity contribution in [2.45, 2.75) is 39.2 Å². The third-order valence-electron chi connectivity index (χ3n) is 3.84. The first-order chi connectivity index (χ1) is 11.3. The molecule has 1 atom stereocenters. The van der Waals surface area contributed by atoms with E-state index in [1.165, 1.54) is 29.8 Å². The average Bonchev–Trinajstić information content (AvgIpc) is 2.53. The maximum absolute atomic E-state index is 12.8. The molecule has 0 aliphatic heterocycles. The summed E-state index contributed by atoms with van der Waals surface area (Å²) in [5.74, 6) is -0.0837. The van der Waals surface area contributed by atoms with E-state index >= 15 is 0 Å². The third kappa shape index (κ3) is 5.08. The van der Waals surface area contributed by atoms with Crippen LogP contribution >= 0.6 is 0 Å². The van der Waals surface area contributed by atoms with Crippen molar-refractivity contribution >= 4 is 5.91 Å². The van der Waals surface area contributed by atoms with Crippen LogP contribution in [0.1, 0.15) is 44.9 Å². The number of halogens is 1. The minimum Gasteiger partial charge on any atom is -0.484 e. The van der Waals surface area contributed by atoms with Crippen molar-refractivity contribution in [1.29, 1.82) is 0 Å². The fourth-order valence-corrected chi connectivity index (χ4v) is 2.32. The molecule has 2 rings (SSSR count). The third-order valence-corrected chi connectivity index (χ3v) is 3.84. The van der Waals surface area contributed by atoms with Crippen molar-refractivity contribution in [3.8, 4) is 5.75 Å². The number of ether oxygens (including phenoxy) is 1. The highest BCUT2D eigenvalue weighted by atomic mass is 19.1. The molecule has 0 unspecified atom stereocenters. The summed E-state index contributed by atoms with van der Waals surface area (Å²) >= 11 is 0. The van der Waals surface area contributed by atoms with Gasteiger partial charge >= 0.3 is 0 Å². The molecule has 0 saturated heterocycles. The molecule has 1 N–H and O–H groups in total. The molecule has 128 valence electrons. The van der Waals surface area contributed by atoms with Crippen LogP contribution in [0.15, 0.2) is 48.5 Å². The summed E-state index contributed by atoms with van der Waals surface area (Å²) in [4.78, 5) is 12.0. The zero-order chi connectivity index (χ0) is 17.7. The van der Waals surface area contributed by atoms with Gasteiger partial charge in [0.2, 0.25) is 0 Å². The lowest BCUT2D eigenvalue weighted by Gasteiger charge is -2.20. The second kappa shape index (κ2) is 7.47. The largest absolute Gasteiger partial charge is 0.484 e. The predicted octanol–water partition coefficient (Wildman–Crippen LogP) is 4.38. The number of nitrogens with one attached hydrogen (secondary N) is 1. The van der Waals surface area contributed by atoms with Crippen molar-refractivity contribution in [1.82, 2.24) is 5.32 Å². The highest BCUT2D eigenvalue weighted by Crippen LogP contribution is 2.23. The second-order valence-corrected chi connectivity index (χ2v) is 6.90. The number of benzene rings is 2. The first-order valence-electron chi connectivity index (χ1n) is 8.04. The number of hydrogen-bond acceptors (Lipinski definition) is 2. The Labute approximate surface area is 142 Å². The van der Waals surface area contributed by atoms with Gasteiger partial charge in [-0.3, -0.25) is 4.79 Å². The number of rotatable bonds is 5. The van der Waals surface area contributed by atoms with Crippen LogP contribution in [0.4, 0.5) is 4.39 Å². The number of carbonyl (C=O) groups is 1. The van der Waals surface area contributed by atoms with Crippen molar-refractivity contribution in [3.05, 3.63) is 65.5 Å². The smallest absolute Gasteiger partial charge is 0.258 e. The molecule has 4 heteroatoms.